The summed E-state index contributed by atoms with van der Waals surface area (Å²) in [6.07, 6.45) is 0. The van der Waals surface area contributed by atoms with Crippen LogP contribution in [0.5, 0.6) is 17.2 Å². The van der Waals surface area contributed by atoms with Gasteiger partial charge in [0.25, 0.3) is 0 Å². The summed E-state index contributed by atoms with van der Waals surface area (Å²) in [7, 11) is 4.37. The molecule has 7 heteroatoms. The Hall–Kier alpha value is -1.76. The average molecular weight is 375 g/mol. The summed E-state index contributed by atoms with van der Waals surface area (Å²) in [4.78, 5) is 24.3. The molecule has 0 bridgehead atoms. The molecule has 0 N–H and O–H groups in total. The number of Topliss-reactive ketones (excluding diaryl/α,β-unsaturated/α-hetero) is 1. The fraction of sp³-hybridized carbons (Fsp3) is 0.467. The smallest absolute Gasteiger partial charge is 0.316 e. The first-order valence-corrected chi connectivity index (χ1v) is 7.41. The predicted octanol–water partition coefficient (Wildman–Crippen LogP) is 2.86. The molecule has 0 aliphatic carbocycles. The number of hydrogen-bond acceptors (Lipinski definition) is 6. The van der Waals surface area contributed by atoms with Gasteiger partial charge in [-0.1, -0.05) is 0 Å². The van der Waals surface area contributed by atoms with Gasteiger partial charge in [-0.25, -0.2) is 0 Å². The summed E-state index contributed by atoms with van der Waals surface area (Å²) in [5.74, 6) is -0.891. The Balaban J connectivity index is 3.35. The molecule has 0 radical (unpaired) electrons. The Morgan fingerprint density at radius 3 is 2.18 bits per heavy atom. The lowest BCUT2D eigenvalue weighted by Crippen LogP contribution is -2.24. The van der Waals surface area contributed by atoms with Crippen molar-refractivity contribution in [2.24, 2.45) is 5.92 Å². The third-order valence-electron chi connectivity index (χ3n) is 3.07. The summed E-state index contributed by atoms with van der Waals surface area (Å²) >= 11 is 3.32. The van der Waals surface area contributed by atoms with Crippen LogP contribution in [0.15, 0.2) is 10.5 Å². The van der Waals surface area contributed by atoms with Gasteiger partial charge in [-0.3, -0.25) is 9.59 Å². The fourth-order valence-corrected chi connectivity index (χ4v) is 2.56. The van der Waals surface area contributed by atoms with Crippen molar-refractivity contribution in [2.45, 2.75) is 13.8 Å². The lowest BCUT2D eigenvalue weighted by atomic mass is 9.98. The van der Waals surface area contributed by atoms with E-state index in [0.717, 1.165) is 0 Å². The normalized spacial score (nSPS) is 11.5. The minimum Gasteiger partial charge on any atom is -0.493 e. The molecule has 0 spiro atoms. The SMILES string of the molecule is CCOC(=O)C(C)C(=O)c1cc(OC)c(OC)c(OC)c1Br. The molecule has 0 aromatic heterocycles. The van der Waals surface area contributed by atoms with Crippen LogP contribution in [0.2, 0.25) is 0 Å². The molecule has 22 heavy (non-hydrogen) atoms. The van der Waals surface area contributed by atoms with Crippen LogP contribution in [-0.4, -0.2) is 39.7 Å². The van der Waals surface area contributed by atoms with Crippen LogP contribution in [0.1, 0.15) is 24.2 Å². The number of halogens is 1. The van der Waals surface area contributed by atoms with Crippen LogP contribution < -0.4 is 14.2 Å². The van der Waals surface area contributed by atoms with Crippen LogP contribution in [0, 0.1) is 5.92 Å². The quantitative estimate of drug-likeness (QED) is 0.415. The maximum Gasteiger partial charge on any atom is 0.316 e. The minimum atomic E-state index is -0.931. The molecular weight excluding hydrogens is 356 g/mol. The summed E-state index contributed by atoms with van der Waals surface area (Å²) < 4.78 is 21.0. The van der Waals surface area contributed by atoms with Gasteiger partial charge in [-0.15, -0.1) is 0 Å². The summed E-state index contributed by atoms with van der Waals surface area (Å²) in [6, 6.07) is 1.50. The first kappa shape index (κ1) is 18.3. The van der Waals surface area contributed by atoms with Gasteiger partial charge in [-0.2, -0.15) is 0 Å². The molecule has 0 saturated heterocycles. The van der Waals surface area contributed by atoms with Crippen LogP contribution in [0.25, 0.3) is 0 Å². The second-order valence-corrected chi connectivity index (χ2v) is 5.14. The van der Waals surface area contributed by atoms with Crippen LogP contribution in [-0.2, 0) is 9.53 Å². The van der Waals surface area contributed by atoms with E-state index in [1.807, 2.05) is 0 Å². The average Bonchev–Trinajstić information content (AvgIpc) is 2.52. The Morgan fingerprint density at radius 1 is 1.14 bits per heavy atom. The largest absolute Gasteiger partial charge is 0.493 e. The molecule has 0 amide bonds. The van der Waals surface area contributed by atoms with E-state index in [-0.39, 0.29) is 12.2 Å². The number of carbonyl (C=O) groups excluding carboxylic acids is 2. The van der Waals surface area contributed by atoms with E-state index >= 15 is 0 Å². The number of methoxy groups -OCH3 is 3. The third kappa shape index (κ3) is 3.52. The van der Waals surface area contributed by atoms with Crippen molar-refractivity contribution in [3.63, 3.8) is 0 Å². The van der Waals surface area contributed by atoms with Gasteiger partial charge in [0.1, 0.15) is 5.92 Å². The molecule has 1 aromatic carbocycles. The Morgan fingerprint density at radius 2 is 1.73 bits per heavy atom. The van der Waals surface area contributed by atoms with E-state index in [1.165, 1.54) is 34.3 Å². The van der Waals surface area contributed by atoms with Gasteiger partial charge >= 0.3 is 5.97 Å². The van der Waals surface area contributed by atoms with E-state index in [0.29, 0.717) is 21.7 Å². The number of esters is 1. The van der Waals surface area contributed by atoms with Gasteiger partial charge in [-0.05, 0) is 35.8 Å². The van der Waals surface area contributed by atoms with Crippen molar-refractivity contribution < 1.29 is 28.5 Å². The van der Waals surface area contributed by atoms with Crippen molar-refractivity contribution in [2.75, 3.05) is 27.9 Å². The first-order chi connectivity index (χ1) is 10.4. The van der Waals surface area contributed by atoms with Crippen LogP contribution in [0.4, 0.5) is 0 Å². The van der Waals surface area contributed by atoms with Crippen LogP contribution in [0.3, 0.4) is 0 Å². The van der Waals surface area contributed by atoms with Gasteiger partial charge in [0.15, 0.2) is 17.3 Å². The number of ketones is 1. The highest BCUT2D eigenvalue weighted by atomic mass is 79.9. The Kier molecular flexibility index (Phi) is 6.67. The molecule has 0 aliphatic rings. The van der Waals surface area contributed by atoms with Crippen molar-refractivity contribution >= 4 is 27.7 Å². The second kappa shape index (κ2) is 8.03. The monoisotopic (exact) mass is 374 g/mol. The lowest BCUT2D eigenvalue weighted by molar-refractivity contribution is -0.145. The molecular formula is C15H19BrO6. The topological polar surface area (TPSA) is 71.1 Å². The molecule has 122 valence electrons. The molecule has 0 aliphatic heterocycles. The molecule has 1 unspecified atom stereocenters. The number of benzene rings is 1. The second-order valence-electron chi connectivity index (χ2n) is 4.34. The summed E-state index contributed by atoms with van der Waals surface area (Å²) in [6.45, 7) is 3.40. The maximum absolute atomic E-state index is 12.5. The predicted molar refractivity (Wildman–Crippen MR) is 83.9 cm³/mol. The van der Waals surface area contributed by atoms with Gasteiger partial charge in [0.05, 0.1) is 32.4 Å². The van der Waals surface area contributed by atoms with Crippen molar-refractivity contribution in [3.05, 3.63) is 16.1 Å². The highest BCUT2D eigenvalue weighted by Crippen LogP contribution is 2.45. The third-order valence-corrected chi connectivity index (χ3v) is 3.86. The molecule has 1 atom stereocenters. The zero-order chi connectivity index (χ0) is 16.9. The summed E-state index contributed by atoms with van der Waals surface area (Å²) in [5.41, 5.74) is 0.259. The van der Waals surface area contributed by atoms with E-state index < -0.39 is 17.7 Å². The number of rotatable bonds is 7. The number of ether oxygens (including phenoxy) is 4. The fourth-order valence-electron chi connectivity index (χ4n) is 1.91. The molecule has 1 rings (SSSR count). The molecule has 0 heterocycles. The van der Waals surface area contributed by atoms with Gasteiger partial charge < -0.3 is 18.9 Å². The van der Waals surface area contributed by atoms with Crippen molar-refractivity contribution in [1.82, 2.24) is 0 Å². The van der Waals surface area contributed by atoms with Crippen molar-refractivity contribution in [3.8, 4) is 17.2 Å². The van der Waals surface area contributed by atoms with E-state index in [9.17, 15) is 9.59 Å². The van der Waals surface area contributed by atoms with E-state index in [2.05, 4.69) is 15.9 Å². The van der Waals surface area contributed by atoms with Gasteiger partial charge in [0.2, 0.25) is 5.75 Å². The molecule has 0 saturated carbocycles. The number of carbonyl (C=O) groups is 2. The standard InChI is InChI=1S/C15H19BrO6/c1-6-22-15(18)8(2)12(17)9-7-10(19-3)13(20-4)14(21-5)11(9)16/h7-8H,6H2,1-5H3. The van der Waals surface area contributed by atoms with E-state index in [4.69, 9.17) is 18.9 Å². The Bertz CT molecular complexity index is 570. The maximum atomic E-state index is 12.5. The highest BCUT2D eigenvalue weighted by Gasteiger charge is 2.29. The molecule has 1 aromatic rings. The molecule has 0 fully saturated rings. The highest BCUT2D eigenvalue weighted by molar-refractivity contribution is 9.10. The van der Waals surface area contributed by atoms with Crippen molar-refractivity contribution in [1.29, 1.82) is 0 Å². The first-order valence-electron chi connectivity index (χ1n) is 6.62. The molecule has 6 nitrogen and oxygen atoms in total. The summed E-state index contributed by atoms with van der Waals surface area (Å²) in [5, 5.41) is 0. The van der Waals surface area contributed by atoms with E-state index in [1.54, 1.807) is 6.92 Å². The zero-order valence-corrected chi connectivity index (χ0v) is 14.8. The van der Waals surface area contributed by atoms with Gasteiger partial charge in [0, 0.05) is 5.56 Å². The number of hydrogen-bond donors (Lipinski definition) is 0. The minimum absolute atomic E-state index is 0.215. The Labute approximate surface area is 137 Å². The van der Waals surface area contributed by atoms with Crippen LogP contribution >= 0.6 is 15.9 Å². The zero-order valence-electron chi connectivity index (χ0n) is 13.2. The lowest BCUT2D eigenvalue weighted by Gasteiger charge is -2.17.